The topological polar surface area (TPSA) is 79.1 Å². The Bertz CT molecular complexity index is 723. The van der Waals surface area contributed by atoms with Crippen LogP contribution in [-0.2, 0) is 0 Å². The first-order valence-electron chi connectivity index (χ1n) is 6.68. The minimum atomic E-state index is -0.146. The van der Waals surface area contributed by atoms with Crippen molar-refractivity contribution in [2.24, 2.45) is 0 Å². The van der Waals surface area contributed by atoms with Crippen molar-refractivity contribution in [1.82, 2.24) is 24.8 Å². The zero-order chi connectivity index (χ0) is 12.8. The maximum atomic E-state index is 9.62. The Labute approximate surface area is 109 Å². The van der Waals surface area contributed by atoms with E-state index in [4.69, 9.17) is 0 Å². The molecule has 0 spiro atoms. The summed E-state index contributed by atoms with van der Waals surface area (Å²) >= 11 is 0. The minimum Gasteiger partial charge on any atom is -0.393 e. The predicted molar refractivity (Wildman–Crippen MR) is 69.9 cm³/mol. The van der Waals surface area contributed by atoms with Crippen LogP contribution in [0.15, 0.2) is 18.6 Å². The third-order valence-electron chi connectivity index (χ3n) is 4.08. The molecule has 0 saturated heterocycles. The highest BCUT2D eigenvalue weighted by atomic mass is 16.3. The van der Waals surface area contributed by atoms with Crippen LogP contribution < -0.4 is 0 Å². The molecule has 0 bridgehead atoms. The van der Waals surface area contributed by atoms with Gasteiger partial charge in [0.15, 0.2) is 0 Å². The summed E-state index contributed by atoms with van der Waals surface area (Å²) in [6, 6.07) is 2.02. The maximum absolute atomic E-state index is 9.62. The van der Waals surface area contributed by atoms with Gasteiger partial charge < -0.3 is 10.1 Å². The Morgan fingerprint density at radius 2 is 2.11 bits per heavy atom. The van der Waals surface area contributed by atoms with Gasteiger partial charge in [-0.1, -0.05) is 5.21 Å². The Balaban J connectivity index is 1.87. The van der Waals surface area contributed by atoms with Crippen molar-refractivity contribution in [2.45, 2.75) is 37.7 Å². The van der Waals surface area contributed by atoms with Crippen LogP contribution in [0, 0.1) is 0 Å². The number of aromatic nitrogens is 5. The van der Waals surface area contributed by atoms with E-state index >= 15 is 0 Å². The monoisotopic (exact) mass is 257 g/mol. The number of aliphatic hydroxyl groups excluding tert-OH is 1. The van der Waals surface area contributed by atoms with Gasteiger partial charge in [-0.25, -0.2) is 9.50 Å². The van der Waals surface area contributed by atoms with Gasteiger partial charge in [0.2, 0.25) is 0 Å². The molecule has 0 aromatic carbocycles. The summed E-state index contributed by atoms with van der Waals surface area (Å²) in [4.78, 5) is 7.42. The molecule has 6 nitrogen and oxygen atoms in total. The molecule has 0 atom stereocenters. The highest BCUT2D eigenvalue weighted by Crippen LogP contribution is 2.35. The SMILES string of the molecule is OC1CCC(c2nnn3cnc4[nH]ccc4c23)CC1. The summed E-state index contributed by atoms with van der Waals surface area (Å²) in [5.41, 5.74) is 2.96. The van der Waals surface area contributed by atoms with Gasteiger partial charge in [0.25, 0.3) is 0 Å². The number of aliphatic hydroxyl groups is 1. The van der Waals surface area contributed by atoms with E-state index in [9.17, 15) is 5.11 Å². The van der Waals surface area contributed by atoms with Gasteiger partial charge in [-0.3, -0.25) is 0 Å². The lowest BCUT2D eigenvalue weighted by Crippen LogP contribution is -2.17. The highest BCUT2D eigenvalue weighted by molar-refractivity contribution is 5.92. The Kier molecular flexibility index (Phi) is 2.32. The van der Waals surface area contributed by atoms with E-state index in [0.717, 1.165) is 47.9 Å². The molecule has 6 heteroatoms. The second-order valence-corrected chi connectivity index (χ2v) is 5.26. The molecule has 1 aliphatic carbocycles. The smallest absolute Gasteiger partial charge is 0.141 e. The molecule has 4 rings (SSSR count). The number of aromatic amines is 1. The average molecular weight is 257 g/mol. The number of nitrogens with zero attached hydrogens (tertiary/aromatic N) is 4. The van der Waals surface area contributed by atoms with E-state index in [1.54, 1.807) is 10.8 Å². The fourth-order valence-corrected chi connectivity index (χ4v) is 3.04. The van der Waals surface area contributed by atoms with Crippen molar-refractivity contribution >= 4 is 16.6 Å². The van der Waals surface area contributed by atoms with Crippen LogP contribution in [0.5, 0.6) is 0 Å². The molecule has 0 aliphatic heterocycles. The van der Waals surface area contributed by atoms with Gasteiger partial charge in [0.1, 0.15) is 17.5 Å². The number of rotatable bonds is 1. The lowest BCUT2D eigenvalue weighted by molar-refractivity contribution is 0.122. The van der Waals surface area contributed by atoms with Crippen LogP contribution in [-0.4, -0.2) is 36.0 Å². The third-order valence-corrected chi connectivity index (χ3v) is 4.08. The van der Waals surface area contributed by atoms with Gasteiger partial charge in [0.05, 0.1) is 11.8 Å². The van der Waals surface area contributed by atoms with Crippen molar-refractivity contribution in [1.29, 1.82) is 0 Å². The first-order chi connectivity index (χ1) is 9.33. The van der Waals surface area contributed by atoms with Crippen LogP contribution in [0.1, 0.15) is 37.3 Å². The molecule has 19 heavy (non-hydrogen) atoms. The minimum absolute atomic E-state index is 0.146. The molecule has 3 heterocycles. The molecule has 3 aromatic rings. The fraction of sp³-hybridized carbons (Fsp3) is 0.462. The normalized spacial score (nSPS) is 24.3. The number of nitrogens with one attached hydrogen (secondary N) is 1. The molecule has 0 radical (unpaired) electrons. The Morgan fingerprint density at radius 3 is 2.95 bits per heavy atom. The first-order valence-corrected chi connectivity index (χ1v) is 6.68. The third kappa shape index (κ3) is 1.63. The second kappa shape index (κ2) is 4.03. The van der Waals surface area contributed by atoms with E-state index in [1.165, 1.54) is 0 Å². The summed E-state index contributed by atoms with van der Waals surface area (Å²) in [5, 5.41) is 19.2. The van der Waals surface area contributed by atoms with Crippen molar-refractivity contribution in [3.63, 3.8) is 0 Å². The quantitative estimate of drug-likeness (QED) is 0.694. The van der Waals surface area contributed by atoms with Crippen LogP contribution in [0.4, 0.5) is 0 Å². The van der Waals surface area contributed by atoms with E-state index in [-0.39, 0.29) is 6.10 Å². The van der Waals surface area contributed by atoms with E-state index < -0.39 is 0 Å². The van der Waals surface area contributed by atoms with Crippen LogP contribution >= 0.6 is 0 Å². The Hall–Kier alpha value is -1.95. The lowest BCUT2D eigenvalue weighted by atomic mass is 9.85. The summed E-state index contributed by atoms with van der Waals surface area (Å²) in [7, 11) is 0. The number of hydrogen-bond donors (Lipinski definition) is 2. The Morgan fingerprint density at radius 1 is 1.26 bits per heavy atom. The second-order valence-electron chi connectivity index (χ2n) is 5.26. The molecule has 3 aromatic heterocycles. The standard InChI is InChI=1S/C13H15N5O/c19-9-3-1-8(2-4-9)11-12-10-5-6-14-13(10)15-7-18(12)17-16-11/h5-9,14,19H,1-4H2. The van der Waals surface area contributed by atoms with Gasteiger partial charge in [-0.2, -0.15) is 0 Å². The molecule has 0 unspecified atom stereocenters. The highest BCUT2D eigenvalue weighted by Gasteiger charge is 2.25. The van der Waals surface area contributed by atoms with Crippen molar-refractivity contribution < 1.29 is 5.11 Å². The van der Waals surface area contributed by atoms with Gasteiger partial charge in [0, 0.05) is 17.5 Å². The zero-order valence-corrected chi connectivity index (χ0v) is 10.5. The molecular formula is C13H15N5O. The zero-order valence-electron chi connectivity index (χ0n) is 10.5. The number of H-pyrrole nitrogens is 1. The van der Waals surface area contributed by atoms with E-state index in [0.29, 0.717) is 5.92 Å². The number of hydrogen-bond acceptors (Lipinski definition) is 4. The summed E-state index contributed by atoms with van der Waals surface area (Å²) in [5.74, 6) is 0.390. The number of fused-ring (bicyclic) bond motifs is 3. The van der Waals surface area contributed by atoms with E-state index in [1.807, 2.05) is 12.3 Å². The van der Waals surface area contributed by atoms with Gasteiger partial charge >= 0.3 is 0 Å². The van der Waals surface area contributed by atoms with Gasteiger partial charge in [-0.05, 0) is 31.7 Å². The van der Waals surface area contributed by atoms with Crippen molar-refractivity contribution in [3.05, 3.63) is 24.3 Å². The van der Waals surface area contributed by atoms with E-state index in [2.05, 4.69) is 20.3 Å². The van der Waals surface area contributed by atoms with Crippen molar-refractivity contribution in [2.75, 3.05) is 0 Å². The summed E-state index contributed by atoms with van der Waals surface area (Å²) in [6.07, 6.45) is 7.09. The average Bonchev–Trinajstić information content (AvgIpc) is 3.04. The van der Waals surface area contributed by atoms with Gasteiger partial charge in [-0.15, -0.1) is 5.10 Å². The molecule has 0 amide bonds. The molecule has 2 N–H and O–H groups in total. The maximum Gasteiger partial charge on any atom is 0.141 e. The predicted octanol–water partition coefficient (Wildman–Crippen LogP) is 1.62. The lowest BCUT2D eigenvalue weighted by Gasteiger charge is -2.23. The molecule has 1 fully saturated rings. The molecular weight excluding hydrogens is 242 g/mol. The van der Waals surface area contributed by atoms with Crippen LogP contribution in [0.25, 0.3) is 16.6 Å². The fourth-order valence-electron chi connectivity index (χ4n) is 3.04. The molecule has 1 saturated carbocycles. The summed E-state index contributed by atoms with van der Waals surface area (Å²) in [6.45, 7) is 0. The molecule has 98 valence electrons. The first kappa shape index (κ1) is 10.9. The summed E-state index contributed by atoms with van der Waals surface area (Å²) < 4.78 is 1.75. The van der Waals surface area contributed by atoms with Crippen LogP contribution in [0.2, 0.25) is 0 Å². The van der Waals surface area contributed by atoms with Crippen molar-refractivity contribution in [3.8, 4) is 0 Å². The molecule has 1 aliphatic rings. The largest absolute Gasteiger partial charge is 0.393 e. The van der Waals surface area contributed by atoms with Crippen LogP contribution in [0.3, 0.4) is 0 Å².